The second-order valence-corrected chi connectivity index (χ2v) is 6.26. The van der Waals surface area contributed by atoms with E-state index >= 15 is 0 Å². The predicted octanol–water partition coefficient (Wildman–Crippen LogP) is 6.53. The minimum Gasteiger partial charge on any atom is -0.207 e. The normalized spacial score (nSPS) is 12.5. The zero-order valence-electron chi connectivity index (χ0n) is 9.85. The van der Waals surface area contributed by atoms with Crippen LogP contribution in [0.15, 0.2) is 34.8 Å². The summed E-state index contributed by atoms with van der Waals surface area (Å²) in [5, 5.41) is 0.401. The van der Waals surface area contributed by atoms with Crippen LogP contribution < -0.4 is 0 Å². The molecule has 0 aromatic heterocycles. The molecule has 2 aromatic carbocycles. The van der Waals surface area contributed by atoms with Gasteiger partial charge in [-0.1, -0.05) is 29.3 Å². The molecule has 0 aliphatic rings. The topological polar surface area (TPSA) is 0 Å². The number of hydrogen-bond acceptors (Lipinski definition) is 0. The lowest BCUT2D eigenvalue weighted by molar-refractivity contribution is 0.618. The average Bonchev–Trinajstić information content (AvgIpc) is 2.36. The van der Waals surface area contributed by atoms with E-state index in [0.717, 1.165) is 10.0 Å². The molecule has 2 rings (SSSR count). The van der Waals surface area contributed by atoms with Crippen molar-refractivity contribution in [3.05, 3.63) is 67.4 Å². The molecule has 0 spiro atoms. The molecule has 100 valence electrons. The number of rotatable bonds is 2. The highest BCUT2D eigenvalue weighted by molar-refractivity contribution is 9.10. The summed E-state index contributed by atoms with van der Waals surface area (Å²) in [6, 6.07) is 8.37. The summed E-state index contributed by atoms with van der Waals surface area (Å²) in [7, 11) is 0. The molecule has 1 atom stereocenters. The molecule has 2 aromatic rings. The zero-order valence-corrected chi connectivity index (χ0v) is 13.7. The quantitative estimate of drug-likeness (QED) is 0.518. The molecule has 0 radical (unpaired) electrons. The third-order valence-electron chi connectivity index (χ3n) is 2.79. The lowest BCUT2D eigenvalue weighted by atomic mass is 10.0. The first kappa shape index (κ1) is 15.1. The van der Waals surface area contributed by atoms with E-state index in [1.165, 1.54) is 6.07 Å². The number of benzene rings is 2. The zero-order chi connectivity index (χ0) is 14.2. The second kappa shape index (κ2) is 6.01. The van der Waals surface area contributed by atoms with Crippen molar-refractivity contribution in [2.45, 2.75) is 12.3 Å². The van der Waals surface area contributed by atoms with Crippen LogP contribution in [-0.2, 0) is 0 Å². The van der Waals surface area contributed by atoms with E-state index in [1.54, 1.807) is 19.1 Å². The van der Waals surface area contributed by atoms with Gasteiger partial charge in [-0.05, 0) is 63.8 Å². The molecule has 19 heavy (non-hydrogen) atoms. The Morgan fingerprint density at radius 2 is 1.79 bits per heavy atom. The van der Waals surface area contributed by atoms with E-state index in [1.807, 2.05) is 12.1 Å². The van der Waals surface area contributed by atoms with Gasteiger partial charge in [-0.2, -0.15) is 0 Å². The SMILES string of the molecule is Cc1cc(C(Cl)c2ccc(Br)c(Cl)c2)c(Cl)cc1F. The number of aryl methyl sites for hydroxylation is 1. The maximum atomic E-state index is 13.4. The van der Waals surface area contributed by atoms with E-state index in [4.69, 9.17) is 34.8 Å². The van der Waals surface area contributed by atoms with Crippen LogP contribution in [0.2, 0.25) is 10.0 Å². The van der Waals surface area contributed by atoms with Gasteiger partial charge >= 0.3 is 0 Å². The Balaban J connectivity index is 2.46. The first-order chi connectivity index (χ1) is 8.90. The van der Waals surface area contributed by atoms with E-state index in [9.17, 15) is 4.39 Å². The van der Waals surface area contributed by atoms with Crippen molar-refractivity contribution in [1.82, 2.24) is 0 Å². The third-order valence-corrected chi connectivity index (χ3v) is 4.83. The summed E-state index contributed by atoms with van der Waals surface area (Å²) in [6.07, 6.45) is 0. The summed E-state index contributed by atoms with van der Waals surface area (Å²) in [5.41, 5.74) is 1.98. The highest BCUT2D eigenvalue weighted by atomic mass is 79.9. The molecule has 0 bridgehead atoms. The minimum absolute atomic E-state index is 0.308. The summed E-state index contributed by atoms with van der Waals surface area (Å²) < 4.78 is 14.2. The van der Waals surface area contributed by atoms with Gasteiger partial charge in [-0.3, -0.25) is 0 Å². The van der Waals surface area contributed by atoms with Crippen LogP contribution in [0.4, 0.5) is 4.39 Å². The maximum absolute atomic E-state index is 13.4. The molecular weight excluding hydrogens is 373 g/mol. The molecule has 0 saturated carbocycles. The predicted molar refractivity (Wildman–Crippen MR) is 83.0 cm³/mol. The summed E-state index contributed by atoms with van der Waals surface area (Å²) in [4.78, 5) is 0. The molecule has 0 amide bonds. The van der Waals surface area contributed by atoms with Crippen LogP contribution in [0.1, 0.15) is 22.1 Å². The van der Waals surface area contributed by atoms with Crippen molar-refractivity contribution >= 4 is 50.7 Å². The van der Waals surface area contributed by atoms with Crippen LogP contribution in [0.5, 0.6) is 0 Å². The van der Waals surface area contributed by atoms with Gasteiger partial charge in [0.25, 0.3) is 0 Å². The summed E-state index contributed by atoms with van der Waals surface area (Å²) in [5.74, 6) is -0.341. The molecule has 0 nitrogen and oxygen atoms in total. The lowest BCUT2D eigenvalue weighted by Crippen LogP contribution is -1.97. The summed E-state index contributed by atoms with van der Waals surface area (Å²) in [6.45, 7) is 1.67. The Hall–Kier alpha value is -0.280. The third kappa shape index (κ3) is 3.25. The van der Waals surface area contributed by atoms with Gasteiger partial charge in [0, 0.05) is 9.50 Å². The first-order valence-corrected chi connectivity index (χ1v) is 7.43. The van der Waals surface area contributed by atoms with Gasteiger partial charge in [-0.15, -0.1) is 11.6 Å². The Kier molecular flexibility index (Phi) is 4.78. The van der Waals surface area contributed by atoms with Gasteiger partial charge in [0.2, 0.25) is 0 Å². The molecule has 0 heterocycles. The van der Waals surface area contributed by atoms with Crippen molar-refractivity contribution in [2.75, 3.05) is 0 Å². The molecule has 0 aliphatic carbocycles. The molecule has 1 unspecified atom stereocenters. The van der Waals surface area contributed by atoms with Crippen LogP contribution in [0.25, 0.3) is 0 Å². The standard InChI is InChI=1S/C14H9BrCl3F/c1-7-4-9(11(16)6-13(7)19)14(18)8-2-3-10(15)12(17)5-8/h2-6,14H,1H3. The Bertz CT molecular complexity index is 628. The second-order valence-electron chi connectivity index (χ2n) is 4.16. The van der Waals surface area contributed by atoms with Gasteiger partial charge in [-0.25, -0.2) is 4.39 Å². The van der Waals surface area contributed by atoms with Crippen molar-refractivity contribution in [3.8, 4) is 0 Å². The number of halogens is 5. The Morgan fingerprint density at radius 1 is 1.11 bits per heavy atom. The molecule has 0 N–H and O–H groups in total. The van der Waals surface area contributed by atoms with Crippen molar-refractivity contribution < 1.29 is 4.39 Å². The smallest absolute Gasteiger partial charge is 0.127 e. The van der Waals surface area contributed by atoms with Crippen LogP contribution in [0.3, 0.4) is 0 Å². The average molecular weight is 382 g/mol. The van der Waals surface area contributed by atoms with E-state index in [-0.39, 0.29) is 5.82 Å². The minimum atomic E-state index is -0.475. The van der Waals surface area contributed by atoms with Crippen molar-refractivity contribution in [2.24, 2.45) is 0 Å². The van der Waals surface area contributed by atoms with Crippen molar-refractivity contribution in [3.63, 3.8) is 0 Å². The van der Waals surface area contributed by atoms with Crippen LogP contribution >= 0.6 is 50.7 Å². The largest absolute Gasteiger partial charge is 0.207 e. The van der Waals surface area contributed by atoms with E-state index in [2.05, 4.69) is 15.9 Å². The van der Waals surface area contributed by atoms with Gasteiger partial charge in [0.05, 0.1) is 10.4 Å². The number of hydrogen-bond donors (Lipinski definition) is 0. The van der Waals surface area contributed by atoms with Crippen molar-refractivity contribution in [1.29, 1.82) is 0 Å². The highest BCUT2D eigenvalue weighted by Crippen LogP contribution is 2.37. The lowest BCUT2D eigenvalue weighted by Gasteiger charge is -2.14. The monoisotopic (exact) mass is 380 g/mol. The van der Waals surface area contributed by atoms with E-state index in [0.29, 0.717) is 21.2 Å². The molecule has 0 saturated heterocycles. The Labute approximate surface area is 134 Å². The van der Waals surface area contributed by atoms with Gasteiger partial charge in [0.1, 0.15) is 5.82 Å². The fourth-order valence-electron chi connectivity index (χ4n) is 1.72. The maximum Gasteiger partial charge on any atom is 0.127 e. The van der Waals surface area contributed by atoms with Gasteiger partial charge < -0.3 is 0 Å². The molecule has 0 aliphatic heterocycles. The Morgan fingerprint density at radius 3 is 2.42 bits per heavy atom. The van der Waals surface area contributed by atoms with Crippen LogP contribution in [-0.4, -0.2) is 0 Å². The number of alkyl halides is 1. The molecular formula is C14H9BrCl3F. The van der Waals surface area contributed by atoms with Crippen LogP contribution in [0, 0.1) is 12.7 Å². The van der Waals surface area contributed by atoms with E-state index < -0.39 is 5.38 Å². The fraction of sp³-hybridized carbons (Fsp3) is 0.143. The molecule has 0 fully saturated rings. The first-order valence-electron chi connectivity index (χ1n) is 5.44. The van der Waals surface area contributed by atoms with Gasteiger partial charge in [0.15, 0.2) is 0 Å². The highest BCUT2D eigenvalue weighted by Gasteiger charge is 2.17. The molecule has 5 heteroatoms. The fourth-order valence-corrected chi connectivity index (χ4v) is 2.79. The summed E-state index contributed by atoms with van der Waals surface area (Å²) >= 11 is 21.8.